The molecular weight excluding hydrogens is 258 g/mol. The Bertz CT molecular complexity index is 480. The summed E-state index contributed by atoms with van der Waals surface area (Å²) in [5.41, 5.74) is 0.963. The van der Waals surface area contributed by atoms with Crippen molar-refractivity contribution in [3.05, 3.63) is 60.2 Å². The van der Waals surface area contributed by atoms with Crippen molar-refractivity contribution in [1.82, 2.24) is 5.32 Å². The average Bonchev–Trinajstić information content (AvgIpc) is 2.39. The van der Waals surface area contributed by atoms with E-state index in [4.69, 9.17) is 0 Å². The van der Waals surface area contributed by atoms with Gasteiger partial charge in [-0.3, -0.25) is 9.00 Å². The van der Waals surface area contributed by atoms with Gasteiger partial charge >= 0.3 is 0 Å². The lowest BCUT2D eigenvalue weighted by Crippen LogP contribution is -2.30. The molecule has 4 heteroatoms. The van der Waals surface area contributed by atoms with E-state index in [9.17, 15) is 9.00 Å². The summed E-state index contributed by atoms with van der Waals surface area (Å²) in [5.74, 6) is 0.227. The Labute approximate surface area is 116 Å². The number of allylic oxidation sites excluding steroid dienone is 3. The molecule has 0 aliphatic rings. The molecule has 0 spiro atoms. The molecule has 0 saturated carbocycles. The van der Waals surface area contributed by atoms with Crippen LogP contribution in [0.25, 0.3) is 0 Å². The lowest BCUT2D eigenvalue weighted by Gasteiger charge is -2.17. The first kappa shape index (κ1) is 15.4. The molecule has 1 aromatic rings. The first-order valence-corrected chi connectivity index (χ1v) is 7.81. The van der Waals surface area contributed by atoms with E-state index in [0.29, 0.717) is 5.75 Å². The van der Waals surface area contributed by atoms with Crippen molar-refractivity contribution in [2.24, 2.45) is 0 Å². The molecule has 0 aliphatic heterocycles. The third-order valence-electron chi connectivity index (χ3n) is 2.47. The van der Waals surface area contributed by atoms with Gasteiger partial charge < -0.3 is 5.32 Å². The van der Waals surface area contributed by atoms with Gasteiger partial charge in [-0.05, 0) is 12.5 Å². The zero-order valence-electron chi connectivity index (χ0n) is 11.2. The highest BCUT2D eigenvalue weighted by Gasteiger charge is 2.14. The van der Waals surface area contributed by atoms with Crippen LogP contribution in [0.5, 0.6) is 0 Å². The zero-order chi connectivity index (χ0) is 14.1. The van der Waals surface area contributed by atoms with Crippen LogP contribution in [0, 0.1) is 0 Å². The Morgan fingerprint density at radius 3 is 2.58 bits per heavy atom. The van der Waals surface area contributed by atoms with Crippen LogP contribution in [0.1, 0.15) is 18.5 Å². The molecule has 102 valence electrons. The van der Waals surface area contributed by atoms with Gasteiger partial charge in [0.15, 0.2) is 0 Å². The fourth-order valence-electron chi connectivity index (χ4n) is 1.62. The van der Waals surface area contributed by atoms with Crippen molar-refractivity contribution < 1.29 is 9.00 Å². The molecule has 2 atom stereocenters. The SMILES string of the molecule is C/C=C/C=C/C(=O)N[C@@H](C[S@@](C)=O)c1ccccc1. The van der Waals surface area contributed by atoms with Crippen molar-refractivity contribution in [1.29, 1.82) is 0 Å². The van der Waals surface area contributed by atoms with Gasteiger partial charge in [-0.1, -0.05) is 48.6 Å². The molecule has 1 N–H and O–H groups in total. The smallest absolute Gasteiger partial charge is 0.244 e. The van der Waals surface area contributed by atoms with Gasteiger partial charge in [0.1, 0.15) is 0 Å². The molecule has 0 saturated heterocycles. The normalized spacial score (nSPS) is 14.6. The molecule has 0 aliphatic carbocycles. The first-order chi connectivity index (χ1) is 9.13. The lowest BCUT2D eigenvalue weighted by atomic mass is 10.1. The molecular formula is C15H19NO2S. The predicted octanol–water partition coefficient (Wildman–Crippen LogP) is 2.35. The minimum absolute atomic E-state index is 0.183. The van der Waals surface area contributed by atoms with E-state index in [0.717, 1.165) is 5.56 Å². The Morgan fingerprint density at radius 1 is 1.32 bits per heavy atom. The molecule has 0 unspecified atom stereocenters. The fraction of sp³-hybridized carbons (Fsp3) is 0.267. The highest BCUT2D eigenvalue weighted by atomic mass is 32.2. The predicted molar refractivity (Wildman–Crippen MR) is 80.2 cm³/mol. The second-order valence-corrected chi connectivity index (χ2v) is 5.58. The first-order valence-electron chi connectivity index (χ1n) is 6.08. The van der Waals surface area contributed by atoms with Crippen LogP contribution in [0.3, 0.4) is 0 Å². The fourth-order valence-corrected chi connectivity index (χ4v) is 2.36. The molecule has 1 amide bonds. The van der Waals surface area contributed by atoms with Crippen LogP contribution >= 0.6 is 0 Å². The molecule has 3 nitrogen and oxygen atoms in total. The lowest BCUT2D eigenvalue weighted by molar-refractivity contribution is -0.117. The van der Waals surface area contributed by atoms with E-state index >= 15 is 0 Å². The highest BCUT2D eigenvalue weighted by Crippen LogP contribution is 2.13. The monoisotopic (exact) mass is 277 g/mol. The summed E-state index contributed by atoms with van der Waals surface area (Å²) in [6.07, 6.45) is 8.42. The minimum atomic E-state index is -0.973. The molecule has 1 rings (SSSR count). The minimum Gasteiger partial charge on any atom is -0.345 e. The van der Waals surface area contributed by atoms with Crippen LogP contribution in [0.2, 0.25) is 0 Å². The molecule has 0 heterocycles. The summed E-state index contributed by atoms with van der Waals surface area (Å²) in [4.78, 5) is 11.8. The van der Waals surface area contributed by atoms with Crippen molar-refractivity contribution in [2.45, 2.75) is 13.0 Å². The number of carbonyl (C=O) groups is 1. The van der Waals surface area contributed by atoms with Crippen LogP contribution in [0.15, 0.2) is 54.6 Å². The van der Waals surface area contributed by atoms with Crippen LogP contribution in [0.4, 0.5) is 0 Å². The Balaban J connectivity index is 2.76. The zero-order valence-corrected chi connectivity index (χ0v) is 12.0. The Hall–Kier alpha value is -1.68. The van der Waals surface area contributed by atoms with Crippen molar-refractivity contribution in [3.8, 4) is 0 Å². The molecule has 0 aromatic heterocycles. The Kier molecular flexibility index (Phi) is 6.82. The van der Waals surface area contributed by atoms with Crippen molar-refractivity contribution in [2.75, 3.05) is 12.0 Å². The van der Waals surface area contributed by atoms with Crippen LogP contribution < -0.4 is 5.32 Å². The van der Waals surface area contributed by atoms with Gasteiger partial charge in [0.2, 0.25) is 5.91 Å². The number of rotatable bonds is 6. The summed E-state index contributed by atoms with van der Waals surface area (Å²) < 4.78 is 11.4. The van der Waals surface area contributed by atoms with Gasteiger partial charge in [0.25, 0.3) is 0 Å². The third kappa shape index (κ3) is 6.15. The maximum absolute atomic E-state index is 11.8. The molecule has 19 heavy (non-hydrogen) atoms. The highest BCUT2D eigenvalue weighted by molar-refractivity contribution is 7.84. The standard InChI is InChI=1S/C15H19NO2S/c1-3-4-6-11-15(17)16-14(12-19(2)18)13-9-7-5-8-10-13/h3-11,14H,12H2,1-2H3,(H,16,17)/b4-3+,11-6+/t14-,19+/m0/s1. The van der Waals surface area contributed by atoms with Gasteiger partial charge in [-0.15, -0.1) is 0 Å². The molecule has 1 aromatic carbocycles. The molecule has 0 bridgehead atoms. The topological polar surface area (TPSA) is 46.2 Å². The van der Waals surface area contributed by atoms with E-state index < -0.39 is 10.8 Å². The van der Waals surface area contributed by atoms with Gasteiger partial charge in [0, 0.05) is 28.9 Å². The number of hydrogen-bond donors (Lipinski definition) is 1. The quantitative estimate of drug-likeness (QED) is 0.641. The summed E-state index contributed by atoms with van der Waals surface area (Å²) in [6, 6.07) is 9.35. The van der Waals surface area contributed by atoms with E-state index in [2.05, 4.69) is 5.32 Å². The largest absolute Gasteiger partial charge is 0.345 e. The number of benzene rings is 1. The number of carbonyl (C=O) groups excluding carboxylic acids is 1. The van der Waals surface area contributed by atoms with E-state index in [1.165, 1.54) is 6.08 Å². The van der Waals surface area contributed by atoms with Gasteiger partial charge in [-0.25, -0.2) is 0 Å². The second-order valence-electron chi connectivity index (χ2n) is 4.10. The Morgan fingerprint density at radius 2 is 2.00 bits per heavy atom. The number of nitrogens with one attached hydrogen (secondary N) is 1. The average molecular weight is 277 g/mol. The molecule has 0 radical (unpaired) electrons. The third-order valence-corrected chi connectivity index (χ3v) is 3.27. The number of hydrogen-bond acceptors (Lipinski definition) is 2. The van der Waals surface area contributed by atoms with E-state index in [1.807, 2.05) is 43.3 Å². The van der Waals surface area contributed by atoms with E-state index in [1.54, 1.807) is 18.4 Å². The molecule has 0 fully saturated rings. The summed E-state index contributed by atoms with van der Waals surface area (Å²) in [5, 5.41) is 2.87. The van der Waals surface area contributed by atoms with E-state index in [-0.39, 0.29) is 11.9 Å². The maximum Gasteiger partial charge on any atom is 0.244 e. The van der Waals surface area contributed by atoms with Gasteiger partial charge in [0.05, 0.1) is 6.04 Å². The summed E-state index contributed by atoms with van der Waals surface area (Å²) >= 11 is 0. The maximum atomic E-state index is 11.8. The van der Waals surface area contributed by atoms with Crippen LogP contribution in [-0.4, -0.2) is 22.1 Å². The van der Waals surface area contributed by atoms with Crippen LogP contribution in [-0.2, 0) is 15.6 Å². The summed E-state index contributed by atoms with van der Waals surface area (Å²) in [7, 11) is -0.973. The summed E-state index contributed by atoms with van der Waals surface area (Å²) in [6.45, 7) is 1.88. The van der Waals surface area contributed by atoms with Crippen molar-refractivity contribution in [3.63, 3.8) is 0 Å². The number of amides is 1. The van der Waals surface area contributed by atoms with Gasteiger partial charge in [-0.2, -0.15) is 0 Å². The second kappa shape index (κ2) is 8.43. The van der Waals surface area contributed by atoms with Crippen molar-refractivity contribution >= 4 is 16.7 Å².